The maximum absolute atomic E-state index is 12.2. The molecule has 0 heterocycles. The second kappa shape index (κ2) is 13.7. The Morgan fingerprint density at radius 2 is 1.86 bits per heavy atom. The third-order valence-electron chi connectivity index (χ3n) is 4.40. The maximum atomic E-state index is 12.2. The molecule has 1 atom stereocenters. The van der Waals surface area contributed by atoms with Gasteiger partial charge in [-0.3, -0.25) is 9.10 Å². The van der Waals surface area contributed by atoms with Gasteiger partial charge < -0.3 is 10.2 Å². The first-order valence-electron chi connectivity index (χ1n) is 9.96. The molecular formula is C21H33NO5S2. The lowest BCUT2D eigenvalue weighted by molar-refractivity contribution is -0.133. The summed E-state index contributed by atoms with van der Waals surface area (Å²) in [5.41, 5.74) is 1.37. The van der Waals surface area contributed by atoms with Gasteiger partial charge in [-0.05, 0) is 30.5 Å². The van der Waals surface area contributed by atoms with Crippen molar-refractivity contribution in [2.45, 2.75) is 51.6 Å². The van der Waals surface area contributed by atoms with Crippen molar-refractivity contribution in [3.8, 4) is 0 Å². The van der Waals surface area contributed by atoms with Crippen LogP contribution in [-0.2, 0) is 14.8 Å². The minimum atomic E-state index is -3.43. The lowest BCUT2D eigenvalue weighted by Gasteiger charge is -2.22. The second-order valence-corrected chi connectivity index (χ2v) is 9.90. The molecule has 6 nitrogen and oxygen atoms in total. The van der Waals surface area contributed by atoms with Crippen molar-refractivity contribution < 1.29 is 23.4 Å². The van der Waals surface area contributed by atoms with Gasteiger partial charge in [0.2, 0.25) is 10.0 Å². The van der Waals surface area contributed by atoms with Crippen molar-refractivity contribution in [2.24, 2.45) is 0 Å². The van der Waals surface area contributed by atoms with Crippen LogP contribution >= 0.6 is 11.8 Å². The van der Waals surface area contributed by atoms with E-state index in [9.17, 15) is 18.3 Å². The molecule has 1 aromatic rings. The van der Waals surface area contributed by atoms with Crippen LogP contribution in [0.1, 0.15) is 57.1 Å². The van der Waals surface area contributed by atoms with Crippen molar-refractivity contribution in [3.05, 3.63) is 42.0 Å². The molecule has 0 radical (unpaired) electrons. The van der Waals surface area contributed by atoms with Gasteiger partial charge in [0.15, 0.2) is 0 Å². The highest BCUT2D eigenvalue weighted by Gasteiger charge is 2.17. The largest absolute Gasteiger partial charge is 0.481 e. The van der Waals surface area contributed by atoms with Crippen molar-refractivity contribution in [1.82, 2.24) is 0 Å². The fraction of sp³-hybridized carbons (Fsp3) is 0.571. The summed E-state index contributed by atoms with van der Waals surface area (Å²) in [5.74, 6) is -0.215. The Bertz CT molecular complexity index is 732. The molecule has 0 aliphatic heterocycles. The number of hydrogen-bond donors (Lipinski definition) is 2. The monoisotopic (exact) mass is 443 g/mol. The molecule has 0 aliphatic rings. The van der Waals surface area contributed by atoms with Gasteiger partial charge in [-0.2, -0.15) is 0 Å². The van der Waals surface area contributed by atoms with Crippen LogP contribution in [0.4, 0.5) is 5.69 Å². The topological polar surface area (TPSA) is 94.9 Å². The summed E-state index contributed by atoms with van der Waals surface area (Å²) in [5, 5.41) is 18.9. The number of carboxylic acids is 1. The first-order valence-corrected chi connectivity index (χ1v) is 13.0. The van der Waals surface area contributed by atoms with Gasteiger partial charge in [0.25, 0.3) is 0 Å². The number of aliphatic hydroxyl groups is 1. The third kappa shape index (κ3) is 10.7. The van der Waals surface area contributed by atoms with Gasteiger partial charge in [0, 0.05) is 12.3 Å². The van der Waals surface area contributed by atoms with E-state index in [1.54, 1.807) is 24.3 Å². The van der Waals surface area contributed by atoms with Crippen molar-refractivity contribution in [3.63, 3.8) is 0 Å². The molecule has 0 saturated carbocycles. The van der Waals surface area contributed by atoms with E-state index in [-0.39, 0.29) is 5.75 Å². The number of rotatable bonds is 15. The van der Waals surface area contributed by atoms with Crippen molar-refractivity contribution >= 4 is 33.4 Å². The molecule has 0 amide bonds. The summed E-state index contributed by atoms with van der Waals surface area (Å²) in [4.78, 5) is 10.5. The smallest absolute Gasteiger partial charge is 0.313 e. The summed E-state index contributed by atoms with van der Waals surface area (Å²) >= 11 is 1.29. The van der Waals surface area contributed by atoms with Crippen LogP contribution in [0.25, 0.3) is 0 Å². The van der Waals surface area contributed by atoms with Crippen molar-refractivity contribution in [2.75, 3.05) is 28.6 Å². The molecule has 1 rings (SSSR count). The number of nitrogens with zero attached hydrogens (tertiary/aromatic N) is 1. The van der Waals surface area contributed by atoms with Crippen molar-refractivity contribution in [1.29, 1.82) is 0 Å². The second-order valence-electron chi connectivity index (χ2n) is 6.96. The van der Waals surface area contributed by atoms with Crippen LogP contribution < -0.4 is 4.31 Å². The van der Waals surface area contributed by atoms with E-state index in [2.05, 4.69) is 6.92 Å². The summed E-state index contributed by atoms with van der Waals surface area (Å²) in [7, 11) is -3.43. The molecule has 29 heavy (non-hydrogen) atoms. The number of sulfonamides is 1. The Kier molecular flexibility index (Phi) is 12.0. The number of aliphatic hydroxyl groups excluding tert-OH is 1. The van der Waals surface area contributed by atoms with E-state index < -0.39 is 22.1 Å². The van der Waals surface area contributed by atoms with E-state index in [1.807, 2.05) is 12.2 Å². The molecule has 0 spiro atoms. The fourth-order valence-electron chi connectivity index (χ4n) is 2.87. The maximum Gasteiger partial charge on any atom is 0.313 e. The molecule has 0 aromatic heterocycles. The summed E-state index contributed by atoms with van der Waals surface area (Å²) in [6.45, 7) is 2.45. The zero-order valence-corrected chi connectivity index (χ0v) is 18.9. The van der Waals surface area contributed by atoms with Crippen LogP contribution in [-0.4, -0.2) is 48.9 Å². The van der Waals surface area contributed by atoms with Gasteiger partial charge in [0.05, 0.1) is 23.8 Å². The van der Waals surface area contributed by atoms with Crippen LogP contribution in [0, 0.1) is 0 Å². The zero-order valence-electron chi connectivity index (χ0n) is 17.3. The van der Waals surface area contributed by atoms with E-state index in [1.165, 1.54) is 28.7 Å². The minimum Gasteiger partial charge on any atom is -0.481 e. The van der Waals surface area contributed by atoms with E-state index >= 15 is 0 Å². The molecule has 164 valence electrons. The number of unbranched alkanes of at least 4 members (excludes halogenated alkanes) is 3. The number of anilines is 1. The average molecular weight is 444 g/mol. The van der Waals surface area contributed by atoms with Crippen LogP contribution in [0.3, 0.4) is 0 Å². The van der Waals surface area contributed by atoms with Gasteiger partial charge >= 0.3 is 5.97 Å². The molecular weight excluding hydrogens is 410 g/mol. The van der Waals surface area contributed by atoms with E-state index in [0.717, 1.165) is 24.8 Å². The van der Waals surface area contributed by atoms with Crippen LogP contribution in [0.2, 0.25) is 0 Å². The van der Waals surface area contributed by atoms with Crippen LogP contribution in [0.5, 0.6) is 0 Å². The molecule has 1 unspecified atom stereocenters. The number of aliphatic carboxylic acids is 1. The van der Waals surface area contributed by atoms with Gasteiger partial charge in [-0.15, -0.1) is 11.8 Å². The molecule has 0 saturated heterocycles. The van der Waals surface area contributed by atoms with Gasteiger partial charge in [-0.1, -0.05) is 56.9 Å². The lowest BCUT2D eigenvalue weighted by atomic mass is 10.0. The Morgan fingerprint density at radius 3 is 2.45 bits per heavy atom. The Hall–Kier alpha value is -1.51. The Labute approximate surface area is 179 Å². The predicted octanol–water partition coefficient (Wildman–Crippen LogP) is 4.22. The number of carbonyl (C=O) groups is 1. The highest BCUT2D eigenvalue weighted by Crippen LogP contribution is 2.24. The summed E-state index contributed by atoms with van der Waals surface area (Å²) in [6.07, 6.45) is 10.0. The molecule has 2 N–H and O–H groups in total. The molecule has 1 aromatic carbocycles. The molecule has 0 fully saturated rings. The first kappa shape index (κ1) is 25.5. The number of benzene rings is 1. The number of thioether (sulfide) groups is 1. The molecule has 0 aliphatic carbocycles. The quantitative estimate of drug-likeness (QED) is 0.311. The third-order valence-corrected chi connectivity index (χ3v) is 6.48. The van der Waals surface area contributed by atoms with Gasteiger partial charge in [-0.25, -0.2) is 8.42 Å². The highest BCUT2D eigenvalue weighted by molar-refractivity contribution is 8.00. The molecule has 0 bridgehead atoms. The summed E-state index contributed by atoms with van der Waals surface area (Å²) in [6, 6.07) is 7.04. The Morgan fingerprint density at radius 1 is 1.17 bits per heavy atom. The minimum absolute atomic E-state index is 0.0522. The average Bonchev–Trinajstić information content (AvgIpc) is 2.66. The SMILES string of the molecule is CCCCCCC(O)c1ccc(N(CC/C=C\CSCC(=O)O)S(C)(=O)=O)cc1. The predicted molar refractivity (Wildman–Crippen MR) is 121 cm³/mol. The number of hydrogen-bond acceptors (Lipinski definition) is 5. The van der Waals surface area contributed by atoms with E-state index in [4.69, 9.17) is 5.11 Å². The fourth-order valence-corrected chi connectivity index (χ4v) is 4.38. The summed E-state index contributed by atoms with van der Waals surface area (Å²) < 4.78 is 25.7. The number of carboxylic acid groups (broad SMARTS) is 1. The standard InChI is InChI=1S/C21H33NO5S2/c1-3-4-5-7-10-20(23)18-11-13-19(14-12-18)22(29(2,26)27)15-8-6-9-16-28-17-21(24)25/h6,9,11-14,20,23H,3-5,7-8,10,15-17H2,1-2H3,(H,24,25)/b9-6-. The first-order chi connectivity index (χ1) is 13.8. The highest BCUT2D eigenvalue weighted by atomic mass is 32.2. The normalized spacial score (nSPS) is 12.9. The van der Waals surface area contributed by atoms with Crippen LogP contribution in [0.15, 0.2) is 36.4 Å². The van der Waals surface area contributed by atoms with Gasteiger partial charge in [0.1, 0.15) is 0 Å². The molecule has 8 heteroatoms. The zero-order chi connectivity index (χ0) is 21.7. The Balaban J connectivity index is 2.62. The van der Waals surface area contributed by atoms with E-state index in [0.29, 0.717) is 30.8 Å². The lowest BCUT2D eigenvalue weighted by Crippen LogP contribution is -2.30.